The topological polar surface area (TPSA) is 175 Å². The molecule has 1 heterocycles. The van der Waals surface area contributed by atoms with E-state index in [1.54, 1.807) is 6.08 Å². The highest BCUT2D eigenvalue weighted by atomic mass is 16.7. The molecule has 0 bridgehead atoms. The van der Waals surface area contributed by atoms with Gasteiger partial charge in [-0.1, -0.05) is 210 Å². The van der Waals surface area contributed by atoms with Crippen molar-refractivity contribution in [2.75, 3.05) is 13.2 Å². The molecule has 0 radical (unpaired) electrons. The van der Waals surface area contributed by atoms with Crippen LogP contribution in [0.4, 0.5) is 0 Å². The smallest absolute Gasteiger partial charge is 0.306 e. The Hall–Kier alpha value is -2.64. The molecule has 64 heavy (non-hydrogen) atoms. The number of amides is 1. The van der Waals surface area contributed by atoms with E-state index in [4.69, 9.17) is 14.2 Å². The zero-order valence-corrected chi connectivity index (χ0v) is 40.4. The first-order valence-corrected chi connectivity index (χ1v) is 25.6. The molecule has 0 spiro atoms. The molecule has 6 N–H and O–H groups in total. The second-order valence-electron chi connectivity index (χ2n) is 17.6. The highest BCUT2D eigenvalue weighted by Gasteiger charge is 2.47. The fourth-order valence-corrected chi connectivity index (χ4v) is 7.66. The third kappa shape index (κ3) is 30.5. The van der Waals surface area contributed by atoms with Crippen LogP contribution >= 0.6 is 0 Å². The first-order valence-electron chi connectivity index (χ1n) is 25.6. The number of carbonyl (C=O) groups is 2. The van der Waals surface area contributed by atoms with Crippen molar-refractivity contribution in [3.05, 3.63) is 60.8 Å². The van der Waals surface area contributed by atoms with Gasteiger partial charge in [0.25, 0.3) is 0 Å². The molecule has 0 aromatic carbocycles. The predicted octanol–water partition coefficient (Wildman–Crippen LogP) is 10.3. The molecule has 1 aliphatic heterocycles. The molecule has 11 heteroatoms. The van der Waals surface area contributed by atoms with E-state index in [0.717, 1.165) is 57.8 Å². The van der Waals surface area contributed by atoms with Crippen LogP contribution in [0.15, 0.2) is 60.8 Å². The van der Waals surface area contributed by atoms with Crippen LogP contribution in [0.25, 0.3) is 0 Å². The summed E-state index contributed by atoms with van der Waals surface area (Å²) in [5.41, 5.74) is 0. The number of nitrogens with one attached hydrogen (secondary N) is 1. The summed E-state index contributed by atoms with van der Waals surface area (Å²) in [5, 5.41) is 56.4. The van der Waals surface area contributed by atoms with Gasteiger partial charge in [0.05, 0.1) is 25.4 Å². The largest absolute Gasteiger partial charge is 0.454 e. The number of ether oxygens (including phenoxy) is 3. The molecule has 1 amide bonds. The van der Waals surface area contributed by atoms with Crippen LogP contribution in [0, 0.1) is 0 Å². The molecule has 1 saturated heterocycles. The molecule has 1 rings (SSSR count). The molecule has 370 valence electrons. The van der Waals surface area contributed by atoms with Gasteiger partial charge in [-0.05, 0) is 44.9 Å². The molecule has 1 fully saturated rings. The van der Waals surface area contributed by atoms with Gasteiger partial charge in [-0.15, -0.1) is 0 Å². The van der Waals surface area contributed by atoms with E-state index < -0.39 is 67.4 Å². The number of aliphatic hydroxyl groups is 5. The molecular formula is C53H93NO10. The Balaban J connectivity index is 2.84. The number of aliphatic hydroxyl groups excluding tert-OH is 5. The second kappa shape index (κ2) is 41.8. The van der Waals surface area contributed by atoms with E-state index in [2.05, 4.69) is 32.2 Å². The van der Waals surface area contributed by atoms with Crippen molar-refractivity contribution < 1.29 is 49.3 Å². The summed E-state index contributed by atoms with van der Waals surface area (Å²) < 4.78 is 17.5. The van der Waals surface area contributed by atoms with Gasteiger partial charge in [-0.3, -0.25) is 9.59 Å². The van der Waals surface area contributed by atoms with Gasteiger partial charge in [0.15, 0.2) is 12.4 Å². The molecule has 8 unspecified atom stereocenters. The van der Waals surface area contributed by atoms with E-state index in [1.807, 2.05) is 48.6 Å². The van der Waals surface area contributed by atoms with Gasteiger partial charge in [0.2, 0.25) is 5.91 Å². The van der Waals surface area contributed by atoms with Crippen LogP contribution < -0.4 is 5.32 Å². The van der Waals surface area contributed by atoms with E-state index in [9.17, 15) is 35.1 Å². The highest BCUT2D eigenvalue weighted by Crippen LogP contribution is 2.26. The zero-order valence-electron chi connectivity index (χ0n) is 40.4. The summed E-state index contributed by atoms with van der Waals surface area (Å²) >= 11 is 0. The molecule has 11 nitrogen and oxygen atoms in total. The van der Waals surface area contributed by atoms with Crippen molar-refractivity contribution >= 4 is 11.9 Å². The maximum Gasteiger partial charge on any atom is 0.306 e. The normalized spacial score (nSPS) is 20.9. The van der Waals surface area contributed by atoms with E-state index in [-0.39, 0.29) is 19.4 Å². The fourth-order valence-electron chi connectivity index (χ4n) is 7.66. The third-order valence-corrected chi connectivity index (χ3v) is 11.8. The lowest BCUT2D eigenvalue weighted by Gasteiger charge is -2.41. The molecule has 1 aliphatic rings. The maximum absolute atomic E-state index is 13.3. The van der Waals surface area contributed by atoms with Crippen LogP contribution in [0.2, 0.25) is 0 Å². The lowest BCUT2D eigenvalue weighted by molar-refractivity contribution is -0.305. The highest BCUT2D eigenvalue weighted by molar-refractivity contribution is 5.80. The first kappa shape index (κ1) is 59.4. The van der Waals surface area contributed by atoms with Crippen molar-refractivity contribution in [1.29, 1.82) is 0 Å². The SMILES string of the molecule is CC/C=C/C=C/C=C\C=C/CCCCC(O)C(=O)NC(COC1OC(CO)C(O)C(O)C1OC(=O)CCCCCCCCCCCCC)C(O)/C=C/CCCCCCCCCCCC. The van der Waals surface area contributed by atoms with Crippen LogP contribution in [0.3, 0.4) is 0 Å². The van der Waals surface area contributed by atoms with Crippen molar-refractivity contribution in [2.45, 2.75) is 250 Å². The van der Waals surface area contributed by atoms with Crippen LogP contribution in [-0.2, 0) is 23.8 Å². The average Bonchev–Trinajstić information content (AvgIpc) is 3.29. The summed E-state index contributed by atoms with van der Waals surface area (Å²) in [6.45, 7) is 5.56. The average molecular weight is 904 g/mol. The number of unbranched alkanes of at least 4 members (excludes halogenated alkanes) is 22. The molecular weight excluding hydrogens is 811 g/mol. The van der Waals surface area contributed by atoms with Gasteiger partial charge in [-0.2, -0.15) is 0 Å². The van der Waals surface area contributed by atoms with Gasteiger partial charge < -0.3 is 45.1 Å². The Morgan fingerprint density at radius 3 is 1.69 bits per heavy atom. The standard InChI is InChI=1S/C53H93NO10/c1-4-7-10-13-16-19-22-25-27-30-33-36-39-45(56)44(54-52(61)46(57)40-37-34-31-28-26-23-20-17-14-11-8-5-2)43-62-53-51(50(60)49(59)47(42-55)63-53)64-48(58)41-38-35-32-29-24-21-18-15-12-9-6-3/h8,11,14,17,20,23,26,28,36,39,44-47,49-51,53,55-57,59-60H,4-7,9-10,12-13,15-16,18-19,21-22,24-25,27,29-35,37-38,40-43H2,1-3H3,(H,54,61)/b11-8+,17-14+,23-20-,28-26-,39-36+. The molecule has 0 aromatic rings. The van der Waals surface area contributed by atoms with Crippen LogP contribution in [0.5, 0.6) is 0 Å². The predicted molar refractivity (Wildman–Crippen MR) is 260 cm³/mol. The van der Waals surface area contributed by atoms with E-state index >= 15 is 0 Å². The minimum atomic E-state index is -1.62. The summed E-state index contributed by atoms with van der Waals surface area (Å²) in [4.78, 5) is 26.3. The quantitative estimate of drug-likeness (QED) is 0.0150. The summed E-state index contributed by atoms with van der Waals surface area (Å²) in [6, 6.07) is -1.04. The summed E-state index contributed by atoms with van der Waals surface area (Å²) in [5.74, 6) is -1.24. The van der Waals surface area contributed by atoms with Crippen molar-refractivity contribution in [3.63, 3.8) is 0 Å². The maximum atomic E-state index is 13.3. The molecule has 0 saturated carbocycles. The number of esters is 1. The Kier molecular flexibility index (Phi) is 38.7. The van der Waals surface area contributed by atoms with Crippen molar-refractivity contribution in [3.8, 4) is 0 Å². The van der Waals surface area contributed by atoms with Crippen molar-refractivity contribution in [1.82, 2.24) is 5.32 Å². The number of rotatable bonds is 41. The molecule has 0 aliphatic carbocycles. The van der Waals surface area contributed by atoms with Gasteiger partial charge in [0, 0.05) is 6.42 Å². The number of hydrogen-bond acceptors (Lipinski definition) is 10. The number of carbonyl (C=O) groups excluding carboxylic acids is 2. The number of allylic oxidation sites excluding steroid dienone is 9. The summed E-state index contributed by atoms with van der Waals surface area (Å²) in [7, 11) is 0. The van der Waals surface area contributed by atoms with Gasteiger partial charge >= 0.3 is 5.97 Å². The second-order valence-corrected chi connectivity index (χ2v) is 17.6. The van der Waals surface area contributed by atoms with E-state index in [1.165, 1.54) is 96.3 Å². The summed E-state index contributed by atoms with van der Waals surface area (Å²) in [6.07, 6.45) is 38.6. The van der Waals surface area contributed by atoms with Gasteiger partial charge in [0.1, 0.15) is 24.4 Å². The zero-order chi connectivity index (χ0) is 46.9. The fraction of sp³-hybridized carbons (Fsp3) is 0.774. The third-order valence-electron chi connectivity index (χ3n) is 11.8. The Labute approximate surface area is 388 Å². The van der Waals surface area contributed by atoms with Crippen LogP contribution in [0.1, 0.15) is 201 Å². The van der Waals surface area contributed by atoms with Crippen molar-refractivity contribution in [2.24, 2.45) is 0 Å². The Bertz CT molecular complexity index is 1270. The lowest BCUT2D eigenvalue weighted by Crippen LogP contribution is -2.61. The monoisotopic (exact) mass is 904 g/mol. The minimum absolute atomic E-state index is 0.119. The molecule has 0 aromatic heterocycles. The lowest BCUT2D eigenvalue weighted by atomic mass is 9.99. The van der Waals surface area contributed by atoms with Gasteiger partial charge in [-0.25, -0.2) is 0 Å². The molecule has 8 atom stereocenters. The first-order chi connectivity index (χ1) is 31.2. The van der Waals surface area contributed by atoms with Crippen LogP contribution in [-0.4, -0.2) is 99.6 Å². The Morgan fingerprint density at radius 1 is 0.625 bits per heavy atom. The minimum Gasteiger partial charge on any atom is -0.454 e. The Morgan fingerprint density at radius 2 is 1.12 bits per heavy atom. The number of hydrogen-bond donors (Lipinski definition) is 6. The van der Waals surface area contributed by atoms with E-state index in [0.29, 0.717) is 12.8 Å².